The Balaban J connectivity index is 1.65. The number of hydrogen-bond acceptors (Lipinski definition) is 9. The van der Waals surface area contributed by atoms with E-state index in [2.05, 4.69) is 37.2 Å². The highest BCUT2D eigenvalue weighted by atomic mass is 16.5. The van der Waals surface area contributed by atoms with E-state index in [1.165, 1.54) is 6.08 Å². The van der Waals surface area contributed by atoms with Crippen molar-refractivity contribution in [3.05, 3.63) is 60.8 Å². The van der Waals surface area contributed by atoms with Gasteiger partial charge in [-0.15, -0.1) is 0 Å². The number of ether oxygens (including phenoxy) is 2. The Morgan fingerprint density at radius 3 is 2.77 bits per heavy atom. The molecule has 1 amide bonds. The average molecular weight is 548 g/mol. The van der Waals surface area contributed by atoms with Crippen LogP contribution in [0.1, 0.15) is 5.56 Å². The highest BCUT2D eigenvalue weighted by Gasteiger charge is 2.17. The Morgan fingerprint density at radius 2 is 2.08 bits per heavy atom. The van der Waals surface area contributed by atoms with Gasteiger partial charge < -0.3 is 30.8 Å². The molecule has 1 aromatic heterocycles. The minimum absolute atomic E-state index is 0.302. The molecule has 2 heterocycles. The van der Waals surface area contributed by atoms with Crippen molar-refractivity contribution in [1.29, 1.82) is 0 Å². The lowest BCUT2D eigenvalue weighted by Crippen LogP contribution is -2.40. The molecule has 2 aromatic carbocycles. The highest BCUT2D eigenvalue weighted by Crippen LogP contribution is 2.38. The number of fused-ring (bicyclic) bond motifs is 1. The zero-order chi connectivity index (χ0) is 28.6. The van der Waals surface area contributed by atoms with Crippen LogP contribution < -0.4 is 32.0 Å². The summed E-state index contributed by atoms with van der Waals surface area (Å²) in [5.41, 5.74) is 13.0. The molecule has 1 aliphatic heterocycles. The van der Waals surface area contributed by atoms with E-state index in [0.29, 0.717) is 28.7 Å². The Bertz CT molecular complexity index is 1420. The van der Waals surface area contributed by atoms with Gasteiger partial charge in [-0.2, -0.15) is 5.10 Å². The zero-order valence-corrected chi connectivity index (χ0v) is 23.2. The third kappa shape index (κ3) is 6.78. The summed E-state index contributed by atoms with van der Waals surface area (Å²) in [5.74, 6) is 6.29. The number of nitrogens with two attached hydrogens (primary N) is 2. The number of carbonyl (C=O) groups excluding carboxylic acids is 1. The summed E-state index contributed by atoms with van der Waals surface area (Å²) in [5, 5.41) is 8.13. The zero-order valence-electron chi connectivity index (χ0n) is 23.2. The number of morpholine rings is 1. The molecule has 6 N–H and O–H groups in total. The Hall–Kier alpha value is -4.39. The van der Waals surface area contributed by atoms with Crippen LogP contribution in [-0.2, 0) is 16.6 Å². The molecule has 0 spiro atoms. The standard InChI is InChI=1S/C28H37N9O3/c1-5-28(38)33-22-16-23(26(39-4)17-25(22)35(2)8-9-37-10-12-40-13-11-37)32-27(34-30)15-21(29)19-6-7-24-20(14-19)18-31-36(24)3/h5-7,14-18H,1,8-13,29-30H2,2-4H3,(H,32,34)(H,33,38). The lowest BCUT2D eigenvalue weighted by atomic mass is 10.1. The molecule has 12 heteroatoms. The van der Waals surface area contributed by atoms with Gasteiger partial charge in [0.15, 0.2) is 0 Å². The second-order valence-corrected chi connectivity index (χ2v) is 9.39. The molecular formula is C28H37N9O3. The van der Waals surface area contributed by atoms with Crippen LogP contribution in [0.4, 0.5) is 17.1 Å². The van der Waals surface area contributed by atoms with E-state index in [1.54, 1.807) is 30.1 Å². The second-order valence-electron chi connectivity index (χ2n) is 9.39. The first-order valence-corrected chi connectivity index (χ1v) is 12.9. The van der Waals surface area contributed by atoms with Crippen LogP contribution in [0.5, 0.6) is 5.75 Å². The molecule has 0 unspecified atom stereocenters. The smallest absolute Gasteiger partial charge is 0.247 e. The number of hydrazine groups is 1. The fourth-order valence-corrected chi connectivity index (χ4v) is 4.45. The highest BCUT2D eigenvalue weighted by molar-refractivity contribution is 6.03. The maximum Gasteiger partial charge on any atom is 0.247 e. The first-order valence-electron chi connectivity index (χ1n) is 12.9. The molecule has 1 saturated heterocycles. The Kier molecular flexibility index (Phi) is 9.38. The summed E-state index contributed by atoms with van der Waals surface area (Å²) < 4.78 is 12.9. The number of benzene rings is 2. The van der Waals surface area contributed by atoms with Gasteiger partial charge in [-0.3, -0.25) is 14.4 Å². The number of nitrogens with zero attached hydrogens (tertiary/aromatic N) is 5. The number of methoxy groups -OCH3 is 1. The number of amides is 1. The molecule has 212 valence electrons. The van der Waals surface area contributed by atoms with Crippen molar-refractivity contribution in [1.82, 2.24) is 20.1 Å². The first-order chi connectivity index (χ1) is 19.3. The molecular weight excluding hydrogens is 510 g/mol. The van der Waals surface area contributed by atoms with Gasteiger partial charge in [-0.25, -0.2) is 10.8 Å². The van der Waals surface area contributed by atoms with Crippen molar-refractivity contribution in [2.24, 2.45) is 23.6 Å². The maximum absolute atomic E-state index is 12.3. The Morgan fingerprint density at radius 1 is 1.30 bits per heavy atom. The number of carbonyl (C=O) groups is 1. The van der Waals surface area contributed by atoms with Gasteiger partial charge in [0.1, 0.15) is 17.3 Å². The van der Waals surface area contributed by atoms with Gasteiger partial charge in [0, 0.05) is 63.5 Å². The number of amidine groups is 1. The number of aliphatic imine (C=N–C) groups is 1. The van der Waals surface area contributed by atoms with Crippen LogP contribution in [0, 0.1) is 0 Å². The predicted molar refractivity (Wildman–Crippen MR) is 160 cm³/mol. The quantitative estimate of drug-likeness (QED) is 0.0983. The van der Waals surface area contributed by atoms with E-state index in [0.717, 1.165) is 61.5 Å². The third-order valence-corrected chi connectivity index (χ3v) is 6.77. The van der Waals surface area contributed by atoms with E-state index in [-0.39, 0.29) is 5.91 Å². The summed E-state index contributed by atoms with van der Waals surface area (Å²) in [6.07, 6.45) is 4.65. The molecule has 0 aliphatic carbocycles. The number of rotatable bonds is 10. The summed E-state index contributed by atoms with van der Waals surface area (Å²) >= 11 is 0. The number of nitrogens with one attached hydrogen (secondary N) is 2. The molecule has 4 rings (SSSR count). The summed E-state index contributed by atoms with van der Waals surface area (Å²) in [6, 6.07) is 9.40. The second kappa shape index (κ2) is 13.1. The summed E-state index contributed by atoms with van der Waals surface area (Å²) in [4.78, 5) is 21.4. The Labute approximate surface area is 233 Å². The maximum atomic E-state index is 12.3. The van der Waals surface area contributed by atoms with E-state index in [4.69, 9.17) is 21.1 Å². The van der Waals surface area contributed by atoms with E-state index in [1.807, 2.05) is 38.4 Å². The lowest BCUT2D eigenvalue weighted by Gasteiger charge is -2.30. The molecule has 1 fully saturated rings. The van der Waals surface area contributed by atoms with Crippen LogP contribution in [0.3, 0.4) is 0 Å². The molecule has 0 saturated carbocycles. The van der Waals surface area contributed by atoms with Gasteiger partial charge in [0.2, 0.25) is 5.91 Å². The van der Waals surface area contributed by atoms with Crippen LogP contribution >= 0.6 is 0 Å². The third-order valence-electron chi connectivity index (χ3n) is 6.77. The number of anilines is 2. The van der Waals surface area contributed by atoms with E-state index in [9.17, 15) is 4.79 Å². The van der Waals surface area contributed by atoms with Gasteiger partial charge in [0.05, 0.1) is 43.4 Å². The van der Waals surface area contributed by atoms with Crippen LogP contribution in [0.15, 0.2) is 60.3 Å². The van der Waals surface area contributed by atoms with Gasteiger partial charge in [-0.1, -0.05) is 12.6 Å². The first kappa shape index (κ1) is 28.6. The van der Waals surface area contributed by atoms with Crippen molar-refractivity contribution in [3.8, 4) is 5.75 Å². The topological polar surface area (TPSA) is 148 Å². The lowest BCUT2D eigenvalue weighted by molar-refractivity contribution is -0.111. The molecule has 3 aromatic rings. The molecule has 0 atom stereocenters. The summed E-state index contributed by atoms with van der Waals surface area (Å²) in [7, 11) is 5.42. The number of aryl methyl sites for hydroxylation is 1. The molecule has 40 heavy (non-hydrogen) atoms. The fraction of sp³-hybridized carbons (Fsp3) is 0.321. The van der Waals surface area contributed by atoms with Crippen LogP contribution in [0.25, 0.3) is 16.6 Å². The monoisotopic (exact) mass is 547 g/mol. The largest absolute Gasteiger partial charge is 0.494 e. The molecule has 0 radical (unpaired) electrons. The molecule has 0 bridgehead atoms. The van der Waals surface area contributed by atoms with Crippen molar-refractivity contribution in [3.63, 3.8) is 0 Å². The van der Waals surface area contributed by atoms with Crippen molar-refractivity contribution >= 4 is 45.4 Å². The molecule has 1 aliphatic rings. The number of likely N-dealkylation sites (N-methyl/N-ethyl adjacent to an activating group) is 1. The molecule has 12 nitrogen and oxygen atoms in total. The predicted octanol–water partition coefficient (Wildman–Crippen LogP) is 1.97. The van der Waals surface area contributed by atoms with Crippen LogP contribution in [-0.4, -0.2) is 80.0 Å². The summed E-state index contributed by atoms with van der Waals surface area (Å²) in [6.45, 7) is 8.43. The van der Waals surface area contributed by atoms with Crippen molar-refractivity contribution in [2.75, 3.05) is 63.8 Å². The van der Waals surface area contributed by atoms with Gasteiger partial charge in [0.25, 0.3) is 0 Å². The normalized spacial score (nSPS) is 14.7. The minimum Gasteiger partial charge on any atom is -0.494 e. The number of aromatic nitrogens is 2. The fourth-order valence-electron chi connectivity index (χ4n) is 4.45. The van der Waals surface area contributed by atoms with Gasteiger partial charge in [-0.05, 0) is 29.8 Å². The van der Waals surface area contributed by atoms with E-state index >= 15 is 0 Å². The van der Waals surface area contributed by atoms with Crippen LogP contribution in [0.2, 0.25) is 0 Å². The SMILES string of the molecule is C=CC(=O)Nc1cc(N=C(C=C(N)c2ccc3c(cnn3C)c2)NN)c(OC)cc1N(C)CCN1CCOCC1. The van der Waals surface area contributed by atoms with Crippen molar-refractivity contribution in [2.45, 2.75) is 0 Å². The van der Waals surface area contributed by atoms with Crippen molar-refractivity contribution < 1.29 is 14.3 Å². The number of hydrogen-bond donors (Lipinski definition) is 4. The average Bonchev–Trinajstić information content (AvgIpc) is 3.35. The van der Waals surface area contributed by atoms with Gasteiger partial charge >= 0.3 is 0 Å². The van der Waals surface area contributed by atoms with E-state index < -0.39 is 0 Å². The minimum atomic E-state index is -0.338.